The van der Waals surface area contributed by atoms with E-state index in [9.17, 15) is 14.4 Å². The van der Waals surface area contributed by atoms with Gasteiger partial charge in [0, 0.05) is 32.9 Å². The molecular formula is C18H23N5O3. The van der Waals surface area contributed by atoms with Crippen LogP contribution in [-0.4, -0.2) is 29.3 Å². The fourth-order valence-corrected chi connectivity index (χ4v) is 3.25. The van der Waals surface area contributed by atoms with Crippen LogP contribution in [0, 0.1) is 0 Å². The van der Waals surface area contributed by atoms with E-state index in [0.717, 1.165) is 11.3 Å². The highest BCUT2D eigenvalue weighted by atomic mass is 16.2. The fourth-order valence-electron chi connectivity index (χ4n) is 3.25. The third-order valence-corrected chi connectivity index (χ3v) is 4.63. The van der Waals surface area contributed by atoms with Crippen LogP contribution in [0.25, 0.3) is 0 Å². The molecule has 0 spiro atoms. The van der Waals surface area contributed by atoms with Crippen LogP contribution in [0.3, 0.4) is 0 Å². The van der Waals surface area contributed by atoms with Crippen LogP contribution < -0.4 is 26.8 Å². The third-order valence-electron chi connectivity index (χ3n) is 4.63. The van der Waals surface area contributed by atoms with Crippen molar-refractivity contribution in [3.8, 4) is 0 Å². The number of benzene rings is 1. The summed E-state index contributed by atoms with van der Waals surface area (Å²) in [5, 5.41) is 5.44. The molecule has 8 heteroatoms. The van der Waals surface area contributed by atoms with E-state index in [0.29, 0.717) is 12.1 Å². The number of carbonyl (C=O) groups excluding carboxylic acids is 1. The molecule has 1 aromatic carbocycles. The fraction of sp³-hybridized carbons (Fsp3) is 0.389. The normalized spacial score (nSPS) is 15.8. The van der Waals surface area contributed by atoms with Crippen molar-refractivity contribution in [1.29, 1.82) is 0 Å². The van der Waals surface area contributed by atoms with E-state index in [4.69, 9.17) is 0 Å². The van der Waals surface area contributed by atoms with Gasteiger partial charge in [0.1, 0.15) is 5.82 Å². The highest BCUT2D eigenvalue weighted by Crippen LogP contribution is 2.29. The van der Waals surface area contributed by atoms with Crippen LogP contribution in [0.2, 0.25) is 0 Å². The average molecular weight is 357 g/mol. The van der Waals surface area contributed by atoms with Crippen molar-refractivity contribution >= 4 is 17.5 Å². The van der Waals surface area contributed by atoms with Gasteiger partial charge in [-0.05, 0) is 31.5 Å². The number of fused-ring (bicyclic) bond motifs is 1. The first-order chi connectivity index (χ1) is 12.4. The Hall–Kier alpha value is -3.03. The van der Waals surface area contributed by atoms with Gasteiger partial charge in [0.25, 0.3) is 5.56 Å². The van der Waals surface area contributed by atoms with Gasteiger partial charge in [0.05, 0.1) is 11.6 Å². The lowest BCUT2D eigenvalue weighted by atomic mass is 9.98. The smallest absolute Gasteiger partial charge is 0.332 e. The maximum Gasteiger partial charge on any atom is 0.332 e. The van der Waals surface area contributed by atoms with Crippen LogP contribution in [0.15, 0.2) is 33.9 Å². The van der Waals surface area contributed by atoms with E-state index in [1.54, 1.807) is 13.8 Å². The zero-order chi connectivity index (χ0) is 19.0. The predicted molar refractivity (Wildman–Crippen MR) is 101 cm³/mol. The van der Waals surface area contributed by atoms with Gasteiger partial charge in [-0.15, -0.1) is 0 Å². The molecule has 8 nitrogen and oxygen atoms in total. The second-order valence-electron chi connectivity index (χ2n) is 6.36. The van der Waals surface area contributed by atoms with Gasteiger partial charge in [-0.25, -0.2) is 9.59 Å². The monoisotopic (exact) mass is 357 g/mol. The molecule has 1 aromatic heterocycles. The van der Waals surface area contributed by atoms with Crippen LogP contribution in [0.5, 0.6) is 0 Å². The zero-order valence-corrected chi connectivity index (χ0v) is 15.4. The van der Waals surface area contributed by atoms with E-state index in [-0.39, 0.29) is 17.9 Å². The molecular weight excluding hydrogens is 334 g/mol. The van der Waals surface area contributed by atoms with Gasteiger partial charge in [0.2, 0.25) is 0 Å². The van der Waals surface area contributed by atoms with E-state index in [1.165, 1.54) is 9.13 Å². The van der Waals surface area contributed by atoms with Crippen LogP contribution in [0.1, 0.15) is 31.0 Å². The summed E-state index contributed by atoms with van der Waals surface area (Å²) in [6.45, 7) is 4.19. The van der Waals surface area contributed by atoms with Crippen molar-refractivity contribution in [1.82, 2.24) is 14.5 Å². The van der Waals surface area contributed by atoms with Crippen LogP contribution >= 0.6 is 0 Å². The first kappa shape index (κ1) is 17.8. The molecule has 138 valence electrons. The number of rotatable bonds is 4. The predicted octanol–water partition coefficient (Wildman–Crippen LogP) is 1.34. The molecule has 0 radical (unpaired) electrons. The van der Waals surface area contributed by atoms with Gasteiger partial charge < -0.3 is 10.2 Å². The highest BCUT2D eigenvalue weighted by Gasteiger charge is 2.32. The number of urea groups is 1. The summed E-state index contributed by atoms with van der Waals surface area (Å²) in [6, 6.07) is 6.57. The Kier molecular flexibility index (Phi) is 4.58. The molecule has 2 heterocycles. The van der Waals surface area contributed by atoms with E-state index < -0.39 is 17.8 Å². The summed E-state index contributed by atoms with van der Waals surface area (Å²) in [6.07, 6.45) is 0. The second kappa shape index (κ2) is 6.70. The van der Waals surface area contributed by atoms with Gasteiger partial charge in [0.15, 0.2) is 0 Å². The number of hydrogen-bond acceptors (Lipinski definition) is 4. The molecule has 0 saturated carbocycles. The molecule has 2 N–H and O–H groups in total. The Morgan fingerprint density at radius 1 is 1.00 bits per heavy atom. The molecule has 2 aromatic rings. The average Bonchev–Trinajstić information content (AvgIpc) is 2.61. The quantitative estimate of drug-likeness (QED) is 0.864. The number of hydrogen-bond donors (Lipinski definition) is 2. The molecule has 1 unspecified atom stereocenters. The lowest BCUT2D eigenvalue weighted by molar-refractivity contribution is 0.248. The minimum absolute atomic E-state index is 0.269. The van der Waals surface area contributed by atoms with Gasteiger partial charge in [-0.1, -0.05) is 12.1 Å². The van der Waals surface area contributed by atoms with Crippen molar-refractivity contribution < 1.29 is 4.79 Å². The van der Waals surface area contributed by atoms with Crippen molar-refractivity contribution in [2.75, 3.05) is 24.3 Å². The lowest BCUT2D eigenvalue weighted by Gasteiger charge is -2.29. The number of nitrogens with zero attached hydrogens (tertiary/aromatic N) is 3. The maximum absolute atomic E-state index is 12.9. The van der Waals surface area contributed by atoms with Crippen molar-refractivity contribution in [3.63, 3.8) is 0 Å². The Bertz CT molecular complexity index is 957. The standard InChI is InChI=1S/C18H23N5O3/c1-5-22-15-13(16(24)23(6-2)18(22)26)14(19-17(25)20-15)11-7-9-12(10-8-11)21(3)4/h7-10,14H,5-6H2,1-4H3,(H2,19,20,25). The lowest BCUT2D eigenvalue weighted by Crippen LogP contribution is -2.50. The maximum atomic E-state index is 12.9. The summed E-state index contributed by atoms with van der Waals surface area (Å²) in [5.74, 6) is 0.276. The summed E-state index contributed by atoms with van der Waals surface area (Å²) in [7, 11) is 3.88. The SMILES string of the molecule is CCn1c2c(c(=O)n(CC)c1=O)C(c1ccc(N(C)C)cc1)NC(=O)N2. The molecule has 1 atom stereocenters. The largest absolute Gasteiger partial charge is 0.378 e. The molecule has 26 heavy (non-hydrogen) atoms. The molecule has 2 amide bonds. The van der Waals surface area contributed by atoms with E-state index in [2.05, 4.69) is 10.6 Å². The Balaban J connectivity index is 2.24. The van der Waals surface area contributed by atoms with Crippen LogP contribution in [-0.2, 0) is 13.1 Å². The summed E-state index contributed by atoms with van der Waals surface area (Å²) >= 11 is 0. The number of nitrogens with one attached hydrogen (secondary N) is 2. The molecule has 0 saturated heterocycles. The van der Waals surface area contributed by atoms with Crippen molar-refractivity contribution in [3.05, 3.63) is 56.2 Å². The summed E-state index contributed by atoms with van der Waals surface area (Å²) in [4.78, 5) is 39.6. The number of amides is 2. The Morgan fingerprint density at radius 2 is 1.62 bits per heavy atom. The number of carbonyl (C=O) groups is 1. The van der Waals surface area contributed by atoms with Crippen LogP contribution in [0.4, 0.5) is 16.3 Å². The molecule has 0 fully saturated rings. The van der Waals surface area contributed by atoms with E-state index in [1.807, 2.05) is 43.3 Å². The molecule has 0 bridgehead atoms. The number of anilines is 2. The van der Waals surface area contributed by atoms with Gasteiger partial charge in [-0.3, -0.25) is 19.2 Å². The molecule has 1 aliphatic rings. The molecule has 3 rings (SSSR count). The Morgan fingerprint density at radius 3 is 2.15 bits per heavy atom. The minimum Gasteiger partial charge on any atom is -0.378 e. The number of aromatic nitrogens is 2. The third kappa shape index (κ3) is 2.77. The molecule has 0 aliphatic carbocycles. The highest BCUT2D eigenvalue weighted by molar-refractivity contribution is 5.92. The van der Waals surface area contributed by atoms with Crippen molar-refractivity contribution in [2.45, 2.75) is 33.0 Å². The Labute approximate surface area is 151 Å². The topological polar surface area (TPSA) is 88.4 Å². The van der Waals surface area contributed by atoms with Crippen molar-refractivity contribution in [2.24, 2.45) is 0 Å². The van der Waals surface area contributed by atoms with Gasteiger partial charge >= 0.3 is 11.7 Å². The summed E-state index contributed by atoms with van der Waals surface area (Å²) in [5.41, 5.74) is 1.38. The first-order valence-electron chi connectivity index (χ1n) is 8.61. The summed E-state index contributed by atoms with van der Waals surface area (Å²) < 4.78 is 2.63. The first-order valence-corrected chi connectivity index (χ1v) is 8.61. The molecule has 1 aliphatic heterocycles. The van der Waals surface area contributed by atoms with Gasteiger partial charge in [-0.2, -0.15) is 0 Å². The zero-order valence-electron chi connectivity index (χ0n) is 15.4. The minimum atomic E-state index is -0.612. The van der Waals surface area contributed by atoms with E-state index >= 15 is 0 Å². The second-order valence-corrected chi connectivity index (χ2v) is 6.36.